The summed E-state index contributed by atoms with van der Waals surface area (Å²) >= 11 is -1.69. The van der Waals surface area contributed by atoms with Gasteiger partial charge < -0.3 is 40.8 Å². The number of hydrogen-bond acceptors (Lipinski definition) is 18. The number of phenolic OH excluding ortho intramolecular Hbond substituents is 4. The number of cyclic esters (lactones) is 2. The van der Waals surface area contributed by atoms with Crippen LogP contribution in [0, 0.1) is 23.7 Å². The van der Waals surface area contributed by atoms with Gasteiger partial charge in [0.05, 0.1) is 34.5 Å². The molecule has 0 spiro atoms. The molecule has 0 amide bonds. The van der Waals surface area contributed by atoms with Crippen molar-refractivity contribution in [1.29, 1.82) is 0 Å². The van der Waals surface area contributed by atoms with Crippen LogP contribution in [0.25, 0.3) is 0 Å². The SMILES string of the molecule is NCCS(=O)O.O=C1C2=C(C(=O)c3cc4c(cc31)CCCC4)S(=O)(=O)CCN2.O=C1C=CC(=O)c2cc3c(cc21)CCCC3.O=C1OC(=O)C2CCCCC12.O=C1c2c(O)ccc(O)c2C(=O)C2CCCCC12.Oc1ccc(O)cc1. The zero-order chi connectivity index (χ0) is 58.3. The maximum Gasteiger partial charge on any atom is 0.317 e. The Kier molecular flexibility index (Phi) is 19.1. The van der Waals surface area contributed by atoms with Gasteiger partial charge in [-0.2, -0.15) is 0 Å². The predicted octanol–water partition coefficient (Wildman–Crippen LogP) is 7.10. The molecule has 5 unspecified atom stereocenters. The minimum atomic E-state index is -3.68. The molecule has 4 aromatic carbocycles. The second kappa shape index (κ2) is 26.0. The van der Waals surface area contributed by atoms with Crippen molar-refractivity contribution in [2.45, 2.75) is 103 Å². The number of hydrogen-bond donors (Lipinski definition) is 7. The van der Waals surface area contributed by atoms with Crippen LogP contribution in [0.5, 0.6) is 23.0 Å². The summed E-state index contributed by atoms with van der Waals surface area (Å²) in [4.78, 5) is 95.0. The summed E-state index contributed by atoms with van der Waals surface area (Å²) < 4.78 is 46.5. The van der Waals surface area contributed by atoms with Gasteiger partial charge in [-0.25, -0.2) is 12.6 Å². The maximum absolute atomic E-state index is 12.7. The lowest BCUT2D eigenvalue weighted by atomic mass is 9.67. The van der Waals surface area contributed by atoms with Gasteiger partial charge in [0.1, 0.15) is 33.6 Å². The van der Waals surface area contributed by atoms with E-state index in [2.05, 4.69) is 10.1 Å². The fraction of sp³-hybridized carbons (Fsp3) is 0.400. The van der Waals surface area contributed by atoms with E-state index in [1.54, 1.807) is 12.1 Å². The molecule has 1 saturated heterocycles. The summed E-state index contributed by atoms with van der Waals surface area (Å²) in [6, 6.07) is 15.6. The van der Waals surface area contributed by atoms with Crippen LogP contribution in [-0.2, 0) is 60.9 Å². The van der Waals surface area contributed by atoms with E-state index in [1.807, 2.05) is 12.1 Å². The zero-order valence-electron chi connectivity index (χ0n) is 44.4. The molecule has 0 bridgehead atoms. The number of aromatic hydroxyl groups is 4. The number of rotatable bonds is 2. The van der Waals surface area contributed by atoms with E-state index in [9.17, 15) is 61.2 Å². The van der Waals surface area contributed by atoms with Crippen molar-refractivity contribution >= 4 is 67.6 Å². The first-order chi connectivity index (χ1) is 38.7. The van der Waals surface area contributed by atoms with Gasteiger partial charge in [-0.1, -0.05) is 25.7 Å². The van der Waals surface area contributed by atoms with Gasteiger partial charge in [0, 0.05) is 47.2 Å². The number of carbonyl (C=O) groups excluding carboxylic acids is 8. The summed E-state index contributed by atoms with van der Waals surface area (Å²) in [5.41, 5.74) is 11.3. The summed E-state index contributed by atoms with van der Waals surface area (Å²) in [5, 5.41) is 39.6. The van der Waals surface area contributed by atoms with Gasteiger partial charge in [0.2, 0.25) is 11.6 Å². The van der Waals surface area contributed by atoms with Gasteiger partial charge in [-0.05, 0) is 172 Å². The van der Waals surface area contributed by atoms with Gasteiger partial charge in [0.25, 0.3) is 0 Å². The van der Waals surface area contributed by atoms with E-state index in [0.717, 1.165) is 88.2 Å². The van der Waals surface area contributed by atoms with Crippen LogP contribution in [0.2, 0.25) is 0 Å². The Morgan fingerprint density at radius 3 is 1.31 bits per heavy atom. The Bertz CT molecular complexity index is 3280. The lowest BCUT2D eigenvalue weighted by Crippen LogP contribution is -2.41. The highest BCUT2D eigenvalue weighted by Gasteiger charge is 2.46. The fourth-order valence-electron chi connectivity index (χ4n) is 11.7. The standard InChI is InChI=1S/C16H15NO4S.C14H14O4.C14H12O2.C8H10O3.C6H6O2.C2H7NO2S/c18-14-11-7-9-3-1-2-4-10(9)8-12(11)15(19)16-13(14)17-5-6-22(16,20)21;15-9-5-6-10(16)12-11(9)13(17)7-3-1-2-4-8(7)14(12)18;15-13-5-6-14(16)12-8-10-4-2-1-3-9(10)7-11(12)13;9-7-5-3-1-2-4-6(5)8(10)11-7;7-5-1-2-6(8)4-3-5;3-1-2-6(4)5/h7-8,17H,1-6H2;5-8,15-16H,1-4H2;5-8H,1-4H2;5-6H,1-4H2;1-4,7-8H;1-3H2,(H,4,5). The molecule has 8 N–H and O–H groups in total. The van der Waals surface area contributed by atoms with Crippen LogP contribution in [0.4, 0.5) is 0 Å². The lowest BCUT2D eigenvalue weighted by Gasteiger charge is -2.34. The number of nitrogens with one attached hydrogen (secondary N) is 1. The van der Waals surface area contributed by atoms with Crippen molar-refractivity contribution in [2.75, 3.05) is 24.6 Å². The number of phenols is 4. The second-order valence-electron chi connectivity index (χ2n) is 21.1. The average molecular weight is 1150 g/mol. The third-order valence-electron chi connectivity index (χ3n) is 15.8. The van der Waals surface area contributed by atoms with Crippen molar-refractivity contribution in [3.05, 3.63) is 139 Å². The van der Waals surface area contributed by atoms with Gasteiger partial charge in [0.15, 0.2) is 44.1 Å². The van der Waals surface area contributed by atoms with E-state index in [0.29, 0.717) is 29.5 Å². The highest BCUT2D eigenvalue weighted by Crippen LogP contribution is 2.45. The van der Waals surface area contributed by atoms with Crippen LogP contribution in [0.15, 0.2) is 83.4 Å². The number of aryl methyl sites for hydroxylation is 4. The molecule has 21 heteroatoms. The minimum absolute atomic E-state index is 0.0168. The fourth-order valence-corrected chi connectivity index (χ4v) is 13.4. The third kappa shape index (κ3) is 13.3. The molecule has 428 valence electrons. The summed E-state index contributed by atoms with van der Waals surface area (Å²) in [7, 11) is -3.68. The molecule has 2 saturated carbocycles. The molecule has 0 radical (unpaired) electrons. The molecule has 19 nitrogen and oxygen atoms in total. The van der Waals surface area contributed by atoms with Gasteiger partial charge in [-0.15, -0.1) is 0 Å². The number of fused-ring (bicyclic) bond motifs is 7. The Hall–Kier alpha value is -7.46. The van der Waals surface area contributed by atoms with Crippen molar-refractivity contribution in [3.8, 4) is 23.0 Å². The van der Waals surface area contributed by atoms with Gasteiger partial charge in [-0.3, -0.25) is 38.4 Å². The largest absolute Gasteiger partial charge is 0.508 e. The number of esters is 2. The Labute approximate surface area is 470 Å². The smallest absolute Gasteiger partial charge is 0.317 e. The number of ketones is 6. The van der Waals surface area contributed by atoms with E-state index in [1.165, 1.54) is 72.5 Å². The van der Waals surface area contributed by atoms with E-state index in [-0.39, 0.29) is 139 Å². The van der Waals surface area contributed by atoms with E-state index < -0.39 is 26.7 Å². The van der Waals surface area contributed by atoms with Crippen molar-refractivity contribution in [1.82, 2.24) is 5.32 Å². The number of allylic oxidation sites excluding steroid dienone is 4. The first-order valence-corrected chi connectivity index (χ1v) is 30.2. The Morgan fingerprint density at radius 1 is 0.543 bits per heavy atom. The van der Waals surface area contributed by atoms with Crippen LogP contribution < -0.4 is 11.1 Å². The molecule has 0 aromatic heterocycles. The van der Waals surface area contributed by atoms with Crippen molar-refractivity contribution < 1.29 is 80.7 Å². The molecule has 7 aliphatic carbocycles. The maximum atomic E-state index is 12.7. The Morgan fingerprint density at radius 2 is 0.926 bits per heavy atom. The number of nitrogens with two attached hydrogens (primary N) is 1. The molecule has 4 aromatic rings. The quantitative estimate of drug-likeness (QED) is 0.0455. The highest BCUT2D eigenvalue weighted by atomic mass is 32.2. The molecular weight excluding hydrogens is 1080 g/mol. The predicted molar refractivity (Wildman–Crippen MR) is 296 cm³/mol. The van der Waals surface area contributed by atoms with E-state index >= 15 is 0 Å². The van der Waals surface area contributed by atoms with Crippen molar-refractivity contribution in [3.63, 3.8) is 0 Å². The molecule has 13 rings (SSSR count). The number of carbonyl (C=O) groups is 8. The molecule has 9 aliphatic rings. The van der Waals surface area contributed by atoms with Crippen LogP contribution in [-0.4, -0.2) is 109 Å². The summed E-state index contributed by atoms with van der Waals surface area (Å²) in [6.45, 7) is 0.448. The first kappa shape index (κ1) is 59.7. The zero-order valence-corrected chi connectivity index (χ0v) is 46.0. The van der Waals surface area contributed by atoms with Crippen LogP contribution >= 0.6 is 0 Å². The van der Waals surface area contributed by atoms with E-state index in [4.69, 9.17) is 20.5 Å². The average Bonchev–Trinajstić information content (AvgIpc) is 3.67. The van der Waals surface area contributed by atoms with Crippen molar-refractivity contribution in [2.24, 2.45) is 29.4 Å². The number of Topliss-reactive ketones (excluding diaryl/α,β-unsaturated/α-hetero) is 4. The lowest BCUT2D eigenvalue weighted by molar-refractivity contribution is -0.153. The summed E-state index contributed by atoms with van der Waals surface area (Å²) in [5.74, 6) is -2.82. The number of benzene rings is 4. The highest BCUT2D eigenvalue weighted by molar-refractivity contribution is 7.96. The third-order valence-corrected chi connectivity index (χ3v) is 18.2. The molecule has 5 atom stereocenters. The Balaban J connectivity index is 0.000000134. The van der Waals surface area contributed by atoms with Crippen LogP contribution in [0.1, 0.15) is 161 Å². The van der Waals surface area contributed by atoms with Crippen LogP contribution in [0.3, 0.4) is 0 Å². The number of sulfone groups is 1. The number of ether oxygens (including phenoxy) is 1. The molecule has 2 aliphatic heterocycles. The molecule has 2 heterocycles. The molecule has 81 heavy (non-hydrogen) atoms. The summed E-state index contributed by atoms with van der Waals surface area (Å²) in [6.07, 6.45) is 18.2. The monoisotopic (exact) mass is 1150 g/mol. The molecule has 3 fully saturated rings. The topological polar surface area (TPSA) is 336 Å². The second-order valence-corrected chi connectivity index (χ2v) is 24.2. The normalized spacial score (nSPS) is 22.6. The minimum Gasteiger partial charge on any atom is -0.508 e. The van der Waals surface area contributed by atoms with Gasteiger partial charge >= 0.3 is 11.9 Å². The molecular formula is C60H64N2O17S2. The first-order valence-electron chi connectivity index (χ1n) is 27.2.